The van der Waals surface area contributed by atoms with Crippen molar-refractivity contribution < 1.29 is 27.9 Å². The number of rotatable bonds is 13. The molecule has 2 aromatic carbocycles. The van der Waals surface area contributed by atoms with E-state index in [0.29, 0.717) is 31.4 Å². The highest BCUT2D eigenvalue weighted by molar-refractivity contribution is 7.92. The maximum Gasteiger partial charge on any atom is 0.326 e. The first-order chi connectivity index (χ1) is 21.6. The van der Waals surface area contributed by atoms with Gasteiger partial charge in [0.2, 0.25) is 0 Å². The number of aromatic nitrogens is 1. The second-order valence-electron chi connectivity index (χ2n) is 10.3. The molecule has 14 heteroatoms. The van der Waals surface area contributed by atoms with Gasteiger partial charge in [0.15, 0.2) is 5.96 Å². The number of anilines is 1. The van der Waals surface area contributed by atoms with Gasteiger partial charge in [-0.15, -0.1) is 11.3 Å². The third-order valence-electron chi connectivity index (χ3n) is 7.13. The molecule has 0 fully saturated rings. The number of carbonyl (C=O) groups excluding carboxylic acids is 1. The van der Waals surface area contributed by atoms with Crippen LogP contribution >= 0.6 is 11.3 Å². The molecule has 0 unspecified atom stereocenters. The van der Waals surface area contributed by atoms with Gasteiger partial charge in [0.25, 0.3) is 15.9 Å². The molecule has 45 heavy (non-hydrogen) atoms. The van der Waals surface area contributed by atoms with Crippen LogP contribution in [0.4, 0.5) is 5.69 Å². The minimum absolute atomic E-state index is 0.0171. The molecule has 2 aromatic heterocycles. The van der Waals surface area contributed by atoms with E-state index in [9.17, 15) is 23.1 Å². The Morgan fingerprint density at radius 2 is 1.91 bits per heavy atom. The normalized spacial score (nSPS) is 12.9. The van der Waals surface area contributed by atoms with E-state index in [1.54, 1.807) is 17.6 Å². The standard InChI is InChI=1S/C31H32N6O6S2/c32-31(33)35-13-5-9-25(30(39)40)36-29(38)28-24(11-15-44-28)37-45(41,42)26-18-21(16-20-10-14-43-27(20)26)23-8-2-1-6-19(23)17-22-7-3-4-12-34-22/h1-4,6-8,11-12,15-16,18,25,37H,5,9-10,13-14,17H2,(H,36,38)(H,39,40)(H4,32,33,35)/t25-/m0/s1. The summed E-state index contributed by atoms with van der Waals surface area (Å²) in [4.78, 5) is 33.1. The number of hydrogen-bond donors (Lipinski definition) is 5. The largest absolute Gasteiger partial charge is 0.492 e. The Morgan fingerprint density at radius 3 is 2.67 bits per heavy atom. The van der Waals surface area contributed by atoms with Gasteiger partial charge in [-0.3, -0.25) is 19.5 Å². The van der Waals surface area contributed by atoms with Crippen molar-refractivity contribution in [3.8, 4) is 16.9 Å². The highest BCUT2D eigenvalue weighted by Gasteiger charge is 2.30. The molecule has 1 aliphatic heterocycles. The number of hydrogen-bond acceptors (Lipinski definition) is 8. The summed E-state index contributed by atoms with van der Waals surface area (Å²) in [6.07, 6.45) is 3.22. The minimum Gasteiger partial charge on any atom is -0.492 e. The molecule has 0 saturated heterocycles. The number of sulfonamides is 1. The molecule has 7 N–H and O–H groups in total. The van der Waals surface area contributed by atoms with Gasteiger partial charge >= 0.3 is 5.97 Å². The summed E-state index contributed by atoms with van der Waals surface area (Å²) in [7, 11) is -4.25. The third kappa shape index (κ3) is 7.59. The molecule has 0 spiro atoms. The number of carbonyl (C=O) groups is 2. The average molecular weight is 649 g/mol. The Hall–Kier alpha value is -4.95. The second kappa shape index (κ2) is 13.8. The Balaban J connectivity index is 1.41. The molecule has 0 bridgehead atoms. The lowest BCUT2D eigenvalue weighted by Gasteiger charge is -2.16. The maximum atomic E-state index is 13.9. The van der Waals surface area contributed by atoms with Crippen LogP contribution in [-0.2, 0) is 27.7 Å². The van der Waals surface area contributed by atoms with Gasteiger partial charge < -0.3 is 26.6 Å². The summed E-state index contributed by atoms with van der Waals surface area (Å²) in [6.45, 7) is 0.536. The smallest absolute Gasteiger partial charge is 0.326 e. The number of nitrogens with zero attached hydrogens (tertiary/aromatic N) is 2. The summed E-state index contributed by atoms with van der Waals surface area (Å²) < 4.78 is 36.1. The fourth-order valence-corrected chi connectivity index (χ4v) is 7.13. The number of pyridine rings is 1. The monoisotopic (exact) mass is 648 g/mol. The van der Waals surface area contributed by atoms with Crippen molar-refractivity contribution in [1.29, 1.82) is 0 Å². The van der Waals surface area contributed by atoms with E-state index in [-0.39, 0.29) is 40.1 Å². The molecule has 0 radical (unpaired) electrons. The summed E-state index contributed by atoms with van der Waals surface area (Å²) in [5.74, 6) is -1.81. The van der Waals surface area contributed by atoms with Crippen LogP contribution in [0.2, 0.25) is 0 Å². The first-order valence-electron chi connectivity index (χ1n) is 14.1. The number of fused-ring (bicyclic) bond motifs is 1. The van der Waals surface area contributed by atoms with Crippen LogP contribution in [-0.4, -0.2) is 55.5 Å². The molecule has 3 heterocycles. The van der Waals surface area contributed by atoms with Crippen molar-refractivity contribution in [3.63, 3.8) is 0 Å². The SMILES string of the molecule is NC(N)=NCCC[C@H](NC(=O)c1sccc1NS(=O)(=O)c1cc(-c2ccccc2Cc2ccccn2)cc2c1OCC2)C(=O)O. The number of nitrogens with two attached hydrogens (primary N) is 2. The summed E-state index contributed by atoms with van der Waals surface area (Å²) in [6, 6.07) is 17.2. The first-order valence-corrected chi connectivity index (χ1v) is 16.5. The van der Waals surface area contributed by atoms with E-state index in [4.69, 9.17) is 16.2 Å². The van der Waals surface area contributed by atoms with Gasteiger partial charge in [0, 0.05) is 31.3 Å². The lowest BCUT2D eigenvalue weighted by molar-refractivity contribution is -0.139. The lowest BCUT2D eigenvalue weighted by Crippen LogP contribution is -2.40. The number of guanidine groups is 1. The molecular weight excluding hydrogens is 617 g/mol. The zero-order valence-corrected chi connectivity index (χ0v) is 25.7. The number of ether oxygens (including phenoxy) is 1. The Labute approximate surface area is 264 Å². The van der Waals surface area contributed by atoms with E-state index in [1.807, 2.05) is 48.5 Å². The quantitative estimate of drug-likeness (QED) is 0.0819. The summed E-state index contributed by atoms with van der Waals surface area (Å²) >= 11 is 0.984. The number of aliphatic carboxylic acids is 1. The van der Waals surface area contributed by atoms with E-state index < -0.39 is 27.9 Å². The predicted octanol–water partition coefficient (Wildman–Crippen LogP) is 3.37. The Morgan fingerprint density at radius 1 is 1.11 bits per heavy atom. The molecule has 1 aliphatic rings. The van der Waals surface area contributed by atoms with Crippen molar-refractivity contribution in [2.75, 3.05) is 17.9 Å². The molecule has 5 rings (SSSR count). The van der Waals surface area contributed by atoms with E-state index in [0.717, 1.165) is 33.7 Å². The van der Waals surface area contributed by atoms with Gasteiger partial charge in [-0.2, -0.15) is 0 Å². The van der Waals surface area contributed by atoms with Gasteiger partial charge in [0.05, 0.1) is 12.3 Å². The number of benzene rings is 2. The topological polar surface area (TPSA) is 199 Å². The van der Waals surface area contributed by atoms with E-state index >= 15 is 0 Å². The predicted molar refractivity (Wildman–Crippen MR) is 172 cm³/mol. The molecule has 0 aliphatic carbocycles. The van der Waals surface area contributed by atoms with Crippen LogP contribution in [0.25, 0.3) is 11.1 Å². The minimum atomic E-state index is -4.25. The lowest BCUT2D eigenvalue weighted by atomic mass is 9.95. The van der Waals surface area contributed by atoms with Crippen molar-refractivity contribution in [3.05, 3.63) is 93.9 Å². The number of thiophene rings is 1. The van der Waals surface area contributed by atoms with Crippen LogP contribution in [0.5, 0.6) is 5.75 Å². The molecule has 1 atom stereocenters. The van der Waals surface area contributed by atoms with Gasteiger partial charge in [-0.1, -0.05) is 30.3 Å². The number of amides is 1. The van der Waals surface area contributed by atoms with Crippen LogP contribution in [0.3, 0.4) is 0 Å². The summed E-state index contributed by atoms with van der Waals surface area (Å²) in [5.41, 5.74) is 14.8. The van der Waals surface area contributed by atoms with Crippen molar-refractivity contribution >= 4 is 44.9 Å². The zero-order chi connectivity index (χ0) is 32.0. The average Bonchev–Trinajstić information content (AvgIpc) is 3.68. The van der Waals surface area contributed by atoms with Crippen molar-refractivity contribution in [2.24, 2.45) is 16.5 Å². The fourth-order valence-electron chi connectivity index (χ4n) is 5.03. The molecule has 1 amide bonds. The third-order valence-corrected chi connectivity index (χ3v) is 9.41. The van der Waals surface area contributed by atoms with Crippen LogP contribution in [0.1, 0.15) is 39.3 Å². The van der Waals surface area contributed by atoms with Crippen molar-refractivity contribution in [1.82, 2.24) is 10.3 Å². The molecule has 0 saturated carbocycles. The molecule has 12 nitrogen and oxygen atoms in total. The Bertz CT molecular complexity index is 1840. The fraction of sp³-hybridized carbons (Fsp3) is 0.226. The molecule has 234 valence electrons. The van der Waals surface area contributed by atoms with E-state index in [2.05, 4.69) is 20.0 Å². The van der Waals surface area contributed by atoms with Gasteiger partial charge in [-0.05, 0) is 70.8 Å². The van der Waals surface area contributed by atoms with Crippen LogP contribution < -0.4 is 26.2 Å². The highest BCUT2D eigenvalue weighted by Crippen LogP contribution is 2.39. The number of nitrogens with one attached hydrogen (secondary N) is 2. The number of carboxylic acid groups (broad SMARTS) is 1. The van der Waals surface area contributed by atoms with Crippen molar-refractivity contribution in [2.45, 2.75) is 36.6 Å². The molecule has 4 aromatic rings. The van der Waals surface area contributed by atoms with Gasteiger partial charge in [0.1, 0.15) is 21.6 Å². The summed E-state index contributed by atoms with van der Waals surface area (Å²) in [5, 5.41) is 13.6. The molecular formula is C31H32N6O6S2. The maximum absolute atomic E-state index is 13.9. The second-order valence-corrected chi connectivity index (χ2v) is 12.9. The Kier molecular flexibility index (Phi) is 9.64. The van der Waals surface area contributed by atoms with Gasteiger partial charge in [-0.25, -0.2) is 13.2 Å². The number of carboxylic acids is 1. The van der Waals surface area contributed by atoms with Crippen LogP contribution in [0, 0.1) is 0 Å². The zero-order valence-electron chi connectivity index (χ0n) is 24.1. The first kappa shape index (κ1) is 31.5. The van der Waals surface area contributed by atoms with Crippen LogP contribution in [0.15, 0.2) is 82.1 Å². The highest BCUT2D eigenvalue weighted by atomic mass is 32.2. The van der Waals surface area contributed by atoms with E-state index in [1.165, 1.54) is 6.07 Å². The number of aliphatic imine (C=N–C) groups is 1.